The van der Waals surface area contributed by atoms with Gasteiger partial charge >= 0.3 is 11.9 Å². The quantitative estimate of drug-likeness (QED) is 0.264. The fourth-order valence-electron chi connectivity index (χ4n) is 10.9. The molecular formula is C41H56O4. The minimum atomic E-state index is -0.346. The van der Waals surface area contributed by atoms with Gasteiger partial charge in [-0.3, -0.25) is 0 Å². The second-order valence-electron chi connectivity index (χ2n) is 16.2. The monoisotopic (exact) mass is 612 g/mol. The Labute approximate surface area is 272 Å². The van der Waals surface area contributed by atoms with Crippen LogP contribution in [0.4, 0.5) is 0 Å². The lowest BCUT2D eigenvalue weighted by Gasteiger charge is -2.57. The molecule has 4 saturated carbocycles. The molecule has 0 unspecified atom stereocenters. The summed E-state index contributed by atoms with van der Waals surface area (Å²) in [4.78, 5) is 25.8. The van der Waals surface area contributed by atoms with Gasteiger partial charge in [-0.15, -0.1) is 0 Å². The molecule has 0 amide bonds. The van der Waals surface area contributed by atoms with Gasteiger partial charge in [0.15, 0.2) is 0 Å². The van der Waals surface area contributed by atoms with Crippen LogP contribution in [0.15, 0.2) is 60.7 Å². The van der Waals surface area contributed by atoms with Crippen molar-refractivity contribution in [2.24, 2.45) is 52.8 Å². The van der Waals surface area contributed by atoms with Crippen LogP contribution in [0.25, 0.3) is 0 Å². The van der Waals surface area contributed by atoms with Crippen LogP contribution in [0.2, 0.25) is 0 Å². The Kier molecular flexibility index (Phi) is 9.51. The van der Waals surface area contributed by atoms with Crippen LogP contribution in [0.1, 0.15) is 126 Å². The highest BCUT2D eigenvalue weighted by molar-refractivity contribution is 5.90. The number of hydrogen-bond donors (Lipinski definition) is 0. The van der Waals surface area contributed by atoms with Crippen molar-refractivity contribution in [3.05, 3.63) is 71.8 Å². The third kappa shape index (κ3) is 6.63. The molecule has 0 spiro atoms. The molecule has 0 aromatic heterocycles. The molecule has 244 valence electrons. The van der Waals surface area contributed by atoms with Crippen molar-refractivity contribution in [1.29, 1.82) is 0 Å². The summed E-state index contributed by atoms with van der Waals surface area (Å²) in [5, 5.41) is 0. The van der Waals surface area contributed by atoms with Gasteiger partial charge in [0.25, 0.3) is 0 Å². The van der Waals surface area contributed by atoms with Gasteiger partial charge in [-0.25, -0.2) is 9.59 Å². The molecule has 0 saturated heterocycles. The molecule has 4 aliphatic carbocycles. The molecule has 4 fully saturated rings. The number of esters is 2. The molecule has 0 radical (unpaired) electrons. The van der Waals surface area contributed by atoms with Crippen LogP contribution in [0, 0.1) is 52.8 Å². The van der Waals surface area contributed by atoms with Gasteiger partial charge in [0.1, 0.15) is 11.7 Å². The van der Waals surface area contributed by atoms with E-state index in [2.05, 4.69) is 34.6 Å². The zero-order valence-corrected chi connectivity index (χ0v) is 28.4. The first-order valence-electron chi connectivity index (χ1n) is 18.1. The minimum Gasteiger partial charge on any atom is -0.459 e. The summed E-state index contributed by atoms with van der Waals surface area (Å²) in [5.41, 5.74) is 1.38. The van der Waals surface area contributed by atoms with Crippen molar-refractivity contribution in [3.8, 4) is 0 Å². The third-order valence-electron chi connectivity index (χ3n) is 13.2. The first-order valence-corrected chi connectivity index (χ1v) is 18.1. The average molecular weight is 613 g/mol. The SMILES string of the molecule is CC(C)[C@@H](CC[C@@H](C)[C@H]1CC[C@H]2[C@@H]3CC[C@H]4C[C@@](C)(OC(=O)c5ccccc5)CC[C@@H]4[C@H]3CC[C@]12C)OC(=O)c1ccccc1. The Morgan fingerprint density at radius 3 is 2.04 bits per heavy atom. The lowest BCUT2D eigenvalue weighted by atomic mass is 9.48. The second-order valence-corrected chi connectivity index (χ2v) is 16.2. The number of carbonyl (C=O) groups excluding carboxylic acids is 2. The molecule has 0 N–H and O–H groups in total. The molecular weight excluding hydrogens is 556 g/mol. The Balaban J connectivity index is 1.05. The van der Waals surface area contributed by atoms with Crippen LogP contribution in [-0.4, -0.2) is 23.6 Å². The second kappa shape index (κ2) is 13.2. The first kappa shape index (κ1) is 32.3. The lowest BCUT2D eigenvalue weighted by Crippen LogP contribution is -2.51. The molecule has 4 nitrogen and oxygen atoms in total. The predicted molar refractivity (Wildman–Crippen MR) is 180 cm³/mol. The summed E-state index contributed by atoms with van der Waals surface area (Å²) in [6, 6.07) is 18.9. The molecule has 0 aliphatic heterocycles. The zero-order chi connectivity index (χ0) is 31.8. The molecule has 4 aliphatic rings. The van der Waals surface area contributed by atoms with E-state index in [1.165, 1.54) is 44.9 Å². The molecule has 0 bridgehead atoms. The normalized spacial score (nSPS) is 35.4. The van der Waals surface area contributed by atoms with Crippen molar-refractivity contribution >= 4 is 11.9 Å². The summed E-state index contributed by atoms with van der Waals surface area (Å²) < 4.78 is 12.3. The number of benzene rings is 2. The standard InChI is InChI=1S/C41H56O4/c1-27(2)37(44-38(42)29-12-8-6-9-13-29)21-16-28(3)35-19-20-36-34-18-17-31-26-40(4,45-39(43)30-14-10-7-11-15-30)24-22-32(31)33(34)23-25-41(35,36)5/h6-15,27-28,31-37H,16-26H2,1-5H3/t28-,31+,32+,33-,34-,35-,36+,37-,40+,41-/m1/s1. The fourth-order valence-corrected chi connectivity index (χ4v) is 10.9. The molecule has 4 heteroatoms. The highest BCUT2D eigenvalue weighted by atomic mass is 16.6. The molecule has 2 aromatic carbocycles. The largest absolute Gasteiger partial charge is 0.459 e. The average Bonchev–Trinajstić information content (AvgIpc) is 3.40. The van der Waals surface area contributed by atoms with E-state index >= 15 is 0 Å². The van der Waals surface area contributed by atoms with E-state index < -0.39 is 0 Å². The predicted octanol–water partition coefficient (Wildman–Crippen LogP) is 10.2. The fraction of sp³-hybridized carbons (Fsp3) is 0.659. The van der Waals surface area contributed by atoms with E-state index in [0.717, 1.165) is 55.3 Å². The van der Waals surface area contributed by atoms with Crippen molar-refractivity contribution in [1.82, 2.24) is 0 Å². The maximum atomic E-state index is 12.9. The number of fused-ring (bicyclic) bond motifs is 5. The number of rotatable bonds is 9. The molecule has 10 atom stereocenters. The van der Waals surface area contributed by atoms with Crippen LogP contribution >= 0.6 is 0 Å². The number of ether oxygens (including phenoxy) is 2. The van der Waals surface area contributed by atoms with Crippen LogP contribution in [0.3, 0.4) is 0 Å². The van der Waals surface area contributed by atoms with Gasteiger partial charge in [-0.1, -0.05) is 64.1 Å². The van der Waals surface area contributed by atoms with Crippen LogP contribution in [-0.2, 0) is 9.47 Å². The van der Waals surface area contributed by atoms with Gasteiger partial charge in [-0.2, -0.15) is 0 Å². The number of hydrogen-bond acceptors (Lipinski definition) is 4. The Morgan fingerprint density at radius 2 is 1.38 bits per heavy atom. The van der Waals surface area contributed by atoms with Crippen molar-refractivity contribution in [2.45, 2.75) is 117 Å². The summed E-state index contributed by atoms with van der Waals surface area (Å²) >= 11 is 0. The van der Waals surface area contributed by atoms with Gasteiger partial charge in [0.05, 0.1) is 11.1 Å². The van der Waals surface area contributed by atoms with E-state index in [4.69, 9.17) is 9.47 Å². The molecule has 2 aromatic rings. The third-order valence-corrected chi connectivity index (χ3v) is 13.2. The molecule has 6 rings (SSSR count). The maximum absolute atomic E-state index is 12.9. The summed E-state index contributed by atoms with van der Waals surface area (Å²) in [6.07, 6.45) is 13.3. The first-order chi connectivity index (χ1) is 21.6. The Morgan fingerprint density at radius 1 is 0.733 bits per heavy atom. The van der Waals surface area contributed by atoms with E-state index in [0.29, 0.717) is 34.3 Å². The maximum Gasteiger partial charge on any atom is 0.338 e. The minimum absolute atomic E-state index is 0.0415. The van der Waals surface area contributed by atoms with Gasteiger partial charge in [0.2, 0.25) is 0 Å². The molecule has 45 heavy (non-hydrogen) atoms. The van der Waals surface area contributed by atoms with Crippen molar-refractivity contribution in [3.63, 3.8) is 0 Å². The smallest absolute Gasteiger partial charge is 0.338 e. The van der Waals surface area contributed by atoms with Crippen molar-refractivity contribution in [2.75, 3.05) is 0 Å². The van der Waals surface area contributed by atoms with Crippen LogP contribution in [0.5, 0.6) is 0 Å². The van der Waals surface area contributed by atoms with E-state index in [9.17, 15) is 9.59 Å². The van der Waals surface area contributed by atoms with Gasteiger partial charge in [0, 0.05) is 0 Å². The lowest BCUT2D eigenvalue weighted by molar-refractivity contribution is -0.107. The summed E-state index contributed by atoms with van der Waals surface area (Å²) in [5.74, 6) is 5.35. The van der Waals surface area contributed by atoms with E-state index in [-0.39, 0.29) is 23.6 Å². The van der Waals surface area contributed by atoms with Crippen LogP contribution < -0.4 is 0 Å². The highest BCUT2D eigenvalue weighted by Crippen LogP contribution is 2.66. The van der Waals surface area contributed by atoms with Gasteiger partial charge in [-0.05, 0) is 155 Å². The number of carbonyl (C=O) groups is 2. The topological polar surface area (TPSA) is 52.6 Å². The zero-order valence-electron chi connectivity index (χ0n) is 28.4. The summed E-state index contributed by atoms with van der Waals surface area (Å²) in [7, 11) is 0. The van der Waals surface area contributed by atoms with Crippen molar-refractivity contribution < 1.29 is 19.1 Å². The van der Waals surface area contributed by atoms with Gasteiger partial charge < -0.3 is 9.47 Å². The summed E-state index contributed by atoms with van der Waals surface area (Å²) in [6.45, 7) is 11.7. The Bertz CT molecular complexity index is 1310. The highest BCUT2D eigenvalue weighted by Gasteiger charge is 2.58. The Hall–Kier alpha value is -2.62. The van der Waals surface area contributed by atoms with E-state index in [1.54, 1.807) is 0 Å². The van der Waals surface area contributed by atoms with E-state index in [1.807, 2.05) is 60.7 Å². The molecule has 0 heterocycles.